The molecule has 2 rings (SSSR count). The van der Waals surface area contributed by atoms with E-state index in [2.05, 4.69) is 24.0 Å². The molecule has 0 aliphatic carbocycles. The summed E-state index contributed by atoms with van der Waals surface area (Å²) >= 11 is 3.07. The molecule has 1 aromatic rings. The highest BCUT2D eigenvalue weighted by Gasteiger charge is 2.27. The lowest BCUT2D eigenvalue weighted by Gasteiger charge is -2.21. The highest BCUT2D eigenvalue weighted by molar-refractivity contribution is 8.00. The Morgan fingerprint density at radius 3 is 2.82 bits per heavy atom. The lowest BCUT2D eigenvalue weighted by atomic mass is 10.1. The molecule has 0 aromatic carbocycles. The van der Waals surface area contributed by atoms with E-state index in [4.69, 9.17) is 5.73 Å². The molecule has 5 nitrogen and oxygen atoms in total. The van der Waals surface area contributed by atoms with Crippen molar-refractivity contribution in [2.75, 3.05) is 24.6 Å². The third-order valence-electron chi connectivity index (χ3n) is 2.75. The molecule has 1 aliphatic heterocycles. The van der Waals surface area contributed by atoms with Gasteiger partial charge in [-0.1, -0.05) is 25.2 Å². The van der Waals surface area contributed by atoms with E-state index in [1.54, 1.807) is 0 Å². The van der Waals surface area contributed by atoms with Gasteiger partial charge in [0, 0.05) is 23.6 Å². The largest absolute Gasteiger partial charge is 0.374 e. The molecule has 0 spiro atoms. The van der Waals surface area contributed by atoms with Crippen molar-refractivity contribution < 1.29 is 4.79 Å². The van der Waals surface area contributed by atoms with Crippen LogP contribution >= 0.6 is 23.1 Å². The molecule has 0 atom stereocenters. The number of nitrogens with zero attached hydrogens (tertiary/aromatic N) is 3. The highest BCUT2D eigenvalue weighted by Crippen LogP contribution is 2.31. The van der Waals surface area contributed by atoms with Crippen LogP contribution in [-0.4, -0.2) is 44.6 Å². The van der Waals surface area contributed by atoms with Crippen LogP contribution in [0.3, 0.4) is 0 Å². The van der Waals surface area contributed by atoms with Crippen molar-refractivity contribution >= 4 is 34.1 Å². The quantitative estimate of drug-likeness (QED) is 0.838. The summed E-state index contributed by atoms with van der Waals surface area (Å²) in [7, 11) is 0. The van der Waals surface area contributed by atoms with Crippen molar-refractivity contribution in [3.63, 3.8) is 0 Å². The Morgan fingerprint density at radius 2 is 2.18 bits per heavy atom. The lowest BCUT2D eigenvalue weighted by molar-refractivity contribution is 0.0763. The van der Waals surface area contributed by atoms with Gasteiger partial charge in [-0.05, 0) is 6.42 Å². The Morgan fingerprint density at radius 1 is 1.41 bits per heavy atom. The van der Waals surface area contributed by atoms with E-state index in [1.807, 2.05) is 16.7 Å². The van der Waals surface area contributed by atoms with Gasteiger partial charge in [0.25, 0.3) is 5.91 Å². The first-order valence-corrected chi connectivity index (χ1v) is 7.30. The average molecular weight is 272 g/mol. The molecule has 1 amide bonds. The topological polar surface area (TPSA) is 72.1 Å². The normalized spacial score (nSPS) is 20.0. The zero-order valence-electron chi connectivity index (χ0n) is 9.97. The SMILES string of the molecule is CC1(C)CCN(C(=O)c2nnc(N)s2)CCS1. The van der Waals surface area contributed by atoms with Gasteiger partial charge in [0.05, 0.1) is 0 Å². The number of rotatable bonds is 1. The fourth-order valence-electron chi connectivity index (χ4n) is 1.68. The molecule has 7 heteroatoms. The number of thioether (sulfide) groups is 1. The van der Waals surface area contributed by atoms with Gasteiger partial charge in [0.1, 0.15) is 0 Å². The Balaban J connectivity index is 2.05. The molecule has 2 N–H and O–H groups in total. The summed E-state index contributed by atoms with van der Waals surface area (Å²) in [5.74, 6) is 0.921. The number of aromatic nitrogens is 2. The van der Waals surface area contributed by atoms with Gasteiger partial charge in [0.15, 0.2) is 0 Å². The van der Waals surface area contributed by atoms with Crippen molar-refractivity contribution in [2.45, 2.75) is 25.0 Å². The predicted octanol–water partition coefficient (Wildman–Crippen LogP) is 1.48. The minimum absolute atomic E-state index is 0.0440. The molecular weight excluding hydrogens is 256 g/mol. The first-order valence-electron chi connectivity index (χ1n) is 5.50. The van der Waals surface area contributed by atoms with Crippen molar-refractivity contribution in [3.8, 4) is 0 Å². The molecule has 1 fully saturated rings. The summed E-state index contributed by atoms with van der Waals surface area (Å²) in [6.45, 7) is 5.98. The number of carbonyl (C=O) groups is 1. The maximum Gasteiger partial charge on any atom is 0.284 e. The molecule has 0 saturated carbocycles. The Hall–Kier alpha value is -0.820. The minimum Gasteiger partial charge on any atom is -0.374 e. The number of amides is 1. The van der Waals surface area contributed by atoms with Crippen LogP contribution in [0.5, 0.6) is 0 Å². The number of hydrogen-bond acceptors (Lipinski definition) is 6. The summed E-state index contributed by atoms with van der Waals surface area (Å²) in [5, 5.41) is 8.22. The maximum absolute atomic E-state index is 12.1. The standard InChI is InChI=1S/C10H16N4OS2/c1-10(2)3-4-14(5-6-16-10)8(15)7-12-13-9(11)17-7/h3-6H2,1-2H3,(H2,11,13). The van der Waals surface area contributed by atoms with E-state index in [0.29, 0.717) is 10.1 Å². The van der Waals surface area contributed by atoms with E-state index in [-0.39, 0.29) is 10.7 Å². The van der Waals surface area contributed by atoms with E-state index >= 15 is 0 Å². The summed E-state index contributed by atoms with van der Waals surface area (Å²) in [4.78, 5) is 14.0. The number of nitrogens with two attached hydrogens (primary N) is 1. The number of hydrogen-bond donors (Lipinski definition) is 1. The van der Waals surface area contributed by atoms with Crippen LogP contribution in [0.25, 0.3) is 0 Å². The van der Waals surface area contributed by atoms with E-state index in [0.717, 1.165) is 36.6 Å². The minimum atomic E-state index is -0.0440. The second-order valence-corrected chi connectivity index (χ2v) is 7.41. The number of nitrogen functional groups attached to an aromatic ring is 1. The van der Waals surface area contributed by atoms with Crippen LogP contribution in [0.1, 0.15) is 30.1 Å². The summed E-state index contributed by atoms with van der Waals surface area (Å²) < 4.78 is 0.245. The first kappa shape index (κ1) is 12.6. The summed E-state index contributed by atoms with van der Waals surface area (Å²) in [5.41, 5.74) is 5.49. The molecular formula is C10H16N4OS2. The molecule has 2 heterocycles. The predicted molar refractivity (Wildman–Crippen MR) is 71.4 cm³/mol. The fourth-order valence-corrected chi connectivity index (χ4v) is 3.36. The van der Waals surface area contributed by atoms with Crippen molar-refractivity contribution in [1.29, 1.82) is 0 Å². The van der Waals surface area contributed by atoms with Crippen molar-refractivity contribution in [2.24, 2.45) is 0 Å². The zero-order valence-corrected chi connectivity index (χ0v) is 11.6. The van der Waals surface area contributed by atoms with Crippen LogP contribution < -0.4 is 5.73 Å². The second kappa shape index (κ2) is 4.81. The van der Waals surface area contributed by atoms with Crippen LogP contribution in [0.4, 0.5) is 5.13 Å². The first-order chi connectivity index (χ1) is 7.98. The van der Waals surface area contributed by atoms with Crippen LogP contribution in [0.15, 0.2) is 0 Å². The van der Waals surface area contributed by atoms with Gasteiger partial charge in [-0.25, -0.2) is 0 Å². The third kappa shape index (κ3) is 3.10. The molecule has 0 radical (unpaired) electrons. The molecule has 94 valence electrons. The maximum atomic E-state index is 12.1. The van der Waals surface area contributed by atoms with Crippen LogP contribution in [0, 0.1) is 0 Å². The monoisotopic (exact) mass is 272 g/mol. The average Bonchev–Trinajstić information content (AvgIpc) is 2.60. The van der Waals surface area contributed by atoms with Crippen LogP contribution in [0.2, 0.25) is 0 Å². The van der Waals surface area contributed by atoms with E-state index in [9.17, 15) is 4.79 Å². The Kier molecular flexibility index (Phi) is 3.58. The molecule has 1 aromatic heterocycles. The zero-order chi connectivity index (χ0) is 12.5. The van der Waals surface area contributed by atoms with Gasteiger partial charge in [-0.2, -0.15) is 11.8 Å². The van der Waals surface area contributed by atoms with Gasteiger partial charge >= 0.3 is 0 Å². The Labute approximate surface area is 109 Å². The summed E-state index contributed by atoms with van der Waals surface area (Å²) in [6, 6.07) is 0. The Bertz CT molecular complexity index is 418. The molecule has 17 heavy (non-hydrogen) atoms. The highest BCUT2D eigenvalue weighted by atomic mass is 32.2. The molecule has 0 bridgehead atoms. The van der Waals surface area contributed by atoms with E-state index in [1.165, 1.54) is 0 Å². The van der Waals surface area contributed by atoms with Crippen LogP contribution in [-0.2, 0) is 0 Å². The van der Waals surface area contributed by atoms with Gasteiger partial charge in [-0.15, -0.1) is 10.2 Å². The summed E-state index contributed by atoms with van der Waals surface area (Å²) in [6.07, 6.45) is 0.998. The molecule has 1 saturated heterocycles. The van der Waals surface area contributed by atoms with Crippen molar-refractivity contribution in [3.05, 3.63) is 5.01 Å². The third-order valence-corrected chi connectivity index (χ3v) is 4.86. The molecule has 0 unspecified atom stereocenters. The number of carbonyl (C=O) groups excluding carboxylic acids is 1. The van der Waals surface area contributed by atoms with Gasteiger partial charge < -0.3 is 10.6 Å². The van der Waals surface area contributed by atoms with Gasteiger partial charge in [-0.3, -0.25) is 4.79 Å². The lowest BCUT2D eigenvalue weighted by Crippen LogP contribution is -2.33. The van der Waals surface area contributed by atoms with Crippen molar-refractivity contribution in [1.82, 2.24) is 15.1 Å². The van der Waals surface area contributed by atoms with Gasteiger partial charge in [0.2, 0.25) is 10.1 Å². The van der Waals surface area contributed by atoms with E-state index < -0.39 is 0 Å². The second-order valence-electron chi connectivity index (χ2n) is 4.60. The molecule has 1 aliphatic rings. The smallest absolute Gasteiger partial charge is 0.284 e. The fraction of sp³-hybridized carbons (Fsp3) is 0.700. The number of anilines is 1.